The fraction of sp³-hybridized carbons (Fsp3) is 0.417. The van der Waals surface area contributed by atoms with Crippen LogP contribution in [-0.4, -0.2) is 56.9 Å². The minimum Gasteiger partial charge on any atom is -0.494 e. The van der Waals surface area contributed by atoms with Crippen molar-refractivity contribution in [2.75, 3.05) is 26.2 Å². The van der Waals surface area contributed by atoms with Crippen molar-refractivity contribution in [3.63, 3.8) is 0 Å². The Labute approximate surface area is 192 Å². The maximum atomic E-state index is 13.4. The number of hydrogen-bond donors (Lipinski definition) is 2. The van der Waals surface area contributed by atoms with Gasteiger partial charge in [-0.15, -0.1) is 0 Å². The van der Waals surface area contributed by atoms with Crippen LogP contribution in [0.25, 0.3) is 16.7 Å². The van der Waals surface area contributed by atoms with Gasteiger partial charge in [0.2, 0.25) is 0 Å². The summed E-state index contributed by atoms with van der Waals surface area (Å²) in [6.07, 6.45) is 2.39. The molecule has 0 bridgehead atoms. The second-order valence-electron chi connectivity index (χ2n) is 8.25. The van der Waals surface area contributed by atoms with Crippen molar-refractivity contribution in [3.8, 4) is 11.4 Å². The van der Waals surface area contributed by atoms with Gasteiger partial charge in [0.15, 0.2) is 5.65 Å². The highest BCUT2D eigenvalue weighted by Crippen LogP contribution is 2.21. The average Bonchev–Trinajstić information content (AvgIpc) is 2.83. The number of nitrogens with zero attached hydrogens (tertiary/aromatic N) is 4. The molecule has 1 aliphatic rings. The number of nitrogens with one attached hydrogen (secondary N) is 1. The van der Waals surface area contributed by atoms with E-state index in [1.807, 2.05) is 38.1 Å². The number of hydrogen-bond acceptors (Lipinski definition) is 6. The predicted octanol–water partition coefficient (Wildman–Crippen LogP) is 3.22. The molecule has 1 atom stereocenters. The zero-order chi connectivity index (χ0) is 23.4. The number of aromatic nitrogens is 3. The topological polar surface area (TPSA) is 110 Å². The fourth-order valence-electron chi connectivity index (χ4n) is 4.20. The van der Waals surface area contributed by atoms with Gasteiger partial charge in [0.05, 0.1) is 23.7 Å². The molecule has 1 aliphatic heterocycles. The number of fused-ring (bicyclic) bond motifs is 1. The molecule has 0 spiro atoms. The van der Waals surface area contributed by atoms with Crippen LogP contribution in [0, 0.1) is 5.92 Å². The molecule has 9 nitrogen and oxygen atoms in total. The van der Waals surface area contributed by atoms with E-state index in [9.17, 15) is 9.59 Å². The molecule has 3 heterocycles. The number of ether oxygens (including phenoxy) is 1. The standard InChI is InChI=1S/C24H29N5O4/c1-3-33-19-8-6-18(7-9-19)29-22(27-21-20(23(29)30)5-4-12-25-21)16(2)26-15-17-10-13-28(14-11-17)24(31)32/h4-9,12,16-17,26H,3,10-11,13-15H2,1-2H3,(H,31,32). The Morgan fingerprint density at radius 3 is 2.64 bits per heavy atom. The van der Waals surface area contributed by atoms with Crippen LogP contribution >= 0.6 is 0 Å². The second kappa shape index (κ2) is 9.99. The highest BCUT2D eigenvalue weighted by Gasteiger charge is 2.24. The molecule has 1 unspecified atom stereocenters. The van der Waals surface area contributed by atoms with Crippen LogP contribution in [0.3, 0.4) is 0 Å². The van der Waals surface area contributed by atoms with Crippen molar-refractivity contribution in [2.24, 2.45) is 5.92 Å². The van der Waals surface area contributed by atoms with Crippen LogP contribution in [0.2, 0.25) is 0 Å². The summed E-state index contributed by atoms with van der Waals surface area (Å²) in [5, 5.41) is 13.1. The predicted molar refractivity (Wildman–Crippen MR) is 125 cm³/mol. The van der Waals surface area contributed by atoms with Gasteiger partial charge in [-0.3, -0.25) is 9.36 Å². The van der Waals surface area contributed by atoms with E-state index in [2.05, 4.69) is 10.3 Å². The van der Waals surface area contributed by atoms with Gasteiger partial charge in [-0.25, -0.2) is 14.8 Å². The lowest BCUT2D eigenvalue weighted by atomic mass is 9.97. The number of carbonyl (C=O) groups is 1. The normalized spacial score (nSPS) is 15.5. The lowest BCUT2D eigenvalue weighted by molar-refractivity contribution is 0.123. The monoisotopic (exact) mass is 451 g/mol. The van der Waals surface area contributed by atoms with E-state index in [4.69, 9.17) is 14.8 Å². The first kappa shape index (κ1) is 22.7. The Hall–Kier alpha value is -3.46. The first-order valence-corrected chi connectivity index (χ1v) is 11.3. The van der Waals surface area contributed by atoms with Crippen LogP contribution in [0.15, 0.2) is 47.4 Å². The molecule has 3 aromatic rings. The highest BCUT2D eigenvalue weighted by molar-refractivity contribution is 5.73. The van der Waals surface area contributed by atoms with Crippen LogP contribution in [0.4, 0.5) is 4.79 Å². The minimum atomic E-state index is -0.859. The van der Waals surface area contributed by atoms with Crippen molar-refractivity contribution in [2.45, 2.75) is 32.7 Å². The third-order valence-corrected chi connectivity index (χ3v) is 6.06. The molecule has 2 aromatic heterocycles. The van der Waals surface area contributed by atoms with Crippen molar-refractivity contribution < 1.29 is 14.6 Å². The van der Waals surface area contributed by atoms with Crippen molar-refractivity contribution in [1.82, 2.24) is 24.8 Å². The fourth-order valence-corrected chi connectivity index (χ4v) is 4.20. The van der Waals surface area contributed by atoms with Crippen molar-refractivity contribution in [3.05, 3.63) is 58.8 Å². The molecule has 33 heavy (non-hydrogen) atoms. The van der Waals surface area contributed by atoms with E-state index in [0.29, 0.717) is 54.7 Å². The molecule has 1 saturated heterocycles. The number of rotatable bonds is 7. The number of benzene rings is 1. The molecule has 4 rings (SSSR count). The highest BCUT2D eigenvalue weighted by atomic mass is 16.5. The summed E-state index contributed by atoms with van der Waals surface area (Å²) < 4.78 is 7.17. The van der Waals surface area contributed by atoms with Crippen LogP contribution in [0.1, 0.15) is 38.6 Å². The SMILES string of the molecule is CCOc1ccc(-n2c(C(C)NCC3CCN(C(=O)O)CC3)nc3ncccc3c2=O)cc1. The molecule has 1 fully saturated rings. The molecule has 0 saturated carbocycles. The van der Waals surface area contributed by atoms with Crippen molar-refractivity contribution in [1.29, 1.82) is 0 Å². The summed E-state index contributed by atoms with van der Waals surface area (Å²) in [6.45, 7) is 6.29. The Kier molecular flexibility index (Phi) is 6.88. The number of piperidine rings is 1. The summed E-state index contributed by atoms with van der Waals surface area (Å²) in [5.41, 5.74) is 0.957. The maximum Gasteiger partial charge on any atom is 0.407 e. The summed E-state index contributed by atoms with van der Waals surface area (Å²) in [5.74, 6) is 1.69. The van der Waals surface area contributed by atoms with Gasteiger partial charge in [-0.05, 0) is 75.5 Å². The van der Waals surface area contributed by atoms with Crippen molar-refractivity contribution >= 4 is 17.1 Å². The van der Waals surface area contributed by atoms with Gasteiger partial charge in [-0.2, -0.15) is 0 Å². The molecule has 174 valence electrons. The van der Waals surface area contributed by atoms with Crippen LogP contribution < -0.4 is 15.6 Å². The largest absolute Gasteiger partial charge is 0.494 e. The van der Waals surface area contributed by atoms with E-state index in [0.717, 1.165) is 18.6 Å². The third-order valence-electron chi connectivity index (χ3n) is 6.06. The Morgan fingerprint density at radius 2 is 1.97 bits per heavy atom. The summed E-state index contributed by atoms with van der Waals surface area (Å²) in [7, 11) is 0. The summed E-state index contributed by atoms with van der Waals surface area (Å²) >= 11 is 0. The number of likely N-dealkylation sites (tertiary alicyclic amines) is 1. The number of amides is 1. The Bertz CT molecular complexity index is 1170. The molecule has 0 aliphatic carbocycles. The number of pyridine rings is 1. The van der Waals surface area contributed by atoms with E-state index < -0.39 is 6.09 Å². The molecule has 1 amide bonds. The van der Waals surface area contributed by atoms with Gasteiger partial charge < -0.3 is 20.1 Å². The quantitative estimate of drug-likeness (QED) is 0.568. The third kappa shape index (κ3) is 4.98. The maximum absolute atomic E-state index is 13.4. The summed E-state index contributed by atoms with van der Waals surface area (Å²) in [4.78, 5) is 35.1. The summed E-state index contributed by atoms with van der Waals surface area (Å²) in [6, 6.07) is 10.7. The zero-order valence-electron chi connectivity index (χ0n) is 18.9. The molecule has 0 radical (unpaired) electrons. The molecule has 9 heteroatoms. The smallest absolute Gasteiger partial charge is 0.407 e. The van der Waals surface area contributed by atoms with Gasteiger partial charge >= 0.3 is 6.09 Å². The van der Waals surface area contributed by atoms with E-state index in [1.54, 1.807) is 22.9 Å². The molecule has 1 aromatic carbocycles. The Balaban J connectivity index is 1.61. The van der Waals surface area contributed by atoms with Crippen LogP contribution in [0.5, 0.6) is 5.75 Å². The second-order valence-corrected chi connectivity index (χ2v) is 8.25. The van der Waals surface area contributed by atoms with E-state index in [-0.39, 0.29) is 11.6 Å². The molecular formula is C24H29N5O4. The first-order chi connectivity index (χ1) is 16.0. The zero-order valence-corrected chi connectivity index (χ0v) is 18.9. The number of carboxylic acid groups (broad SMARTS) is 1. The Morgan fingerprint density at radius 1 is 1.24 bits per heavy atom. The van der Waals surface area contributed by atoms with Crippen LogP contribution in [-0.2, 0) is 0 Å². The molecule has 2 N–H and O–H groups in total. The molecular weight excluding hydrogens is 422 g/mol. The van der Waals surface area contributed by atoms with Gasteiger partial charge in [-0.1, -0.05) is 0 Å². The average molecular weight is 452 g/mol. The van der Waals surface area contributed by atoms with Gasteiger partial charge in [0.1, 0.15) is 11.6 Å². The first-order valence-electron chi connectivity index (χ1n) is 11.3. The lowest BCUT2D eigenvalue weighted by Gasteiger charge is -2.31. The van der Waals surface area contributed by atoms with E-state index >= 15 is 0 Å². The van der Waals surface area contributed by atoms with Gasteiger partial charge in [0, 0.05) is 19.3 Å². The minimum absolute atomic E-state index is 0.171. The van der Waals surface area contributed by atoms with Gasteiger partial charge in [0.25, 0.3) is 5.56 Å². The van der Waals surface area contributed by atoms with E-state index in [1.165, 1.54) is 4.90 Å². The lowest BCUT2D eigenvalue weighted by Crippen LogP contribution is -2.40.